The van der Waals surface area contributed by atoms with Gasteiger partial charge in [0.25, 0.3) is 5.91 Å². The number of carbonyl (C=O) groups excluding carboxylic acids is 2. The molecule has 2 saturated heterocycles. The number of ether oxygens (including phenoxy) is 2. The van der Waals surface area contributed by atoms with Crippen LogP contribution in [0.2, 0.25) is 0 Å². The van der Waals surface area contributed by atoms with Crippen molar-refractivity contribution >= 4 is 44.6 Å². The van der Waals surface area contributed by atoms with Crippen molar-refractivity contribution in [3.63, 3.8) is 0 Å². The van der Waals surface area contributed by atoms with Gasteiger partial charge in [-0.2, -0.15) is 30.5 Å². The summed E-state index contributed by atoms with van der Waals surface area (Å²) in [6.45, 7) is -0.834. The van der Waals surface area contributed by atoms with E-state index in [1.807, 2.05) is 0 Å². The van der Waals surface area contributed by atoms with Gasteiger partial charge in [0.05, 0.1) is 13.0 Å². The molecule has 0 bridgehead atoms. The largest absolute Gasteiger partial charge is 0.523 e. The first-order chi connectivity index (χ1) is 15.2. The van der Waals surface area contributed by atoms with Crippen LogP contribution in [0, 0.1) is 0 Å². The van der Waals surface area contributed by atoms with Crippen molar-refractivity contribution in [3.8, 4) is 0 Å². The van der Waals surface area contributed by atoms with Crippen LogP contribution in [0.5, 0.6) is 0 Å². The lowest BCUT2D eigenvalue weighted by Crippen LogP contribution is -2.70. The maximum atomic E-state index is 14.4. The van der Waals surface area contributed by atoms with Crippen molar-refractivity contribution in [3.05, 3.63) is 12.0 Å². The molecule has 3 aliphatic rings. The summed E-state index contributed by atoms with van der Waals surface area (Å²) in [5.41, 5.74) is -5.75. The molecule has 0 aromatic heterocycles. The van der Waals surface area contributed by atoms with Crippen LogP contribution in [0.3, 0.4) is 0 Å². The van der Waals surface area contributed by atoms with Gasteiger partial charge >= 0.3 is 21.7 Å². The van der Waals surface area contributed by atoms with Gasteiger partial charge in [-0.1, -0.05) is 22.6 Å². The van der Waals surface area contributed by atoms with Crippen molar-refractivity contribution in [1.82, 2.24) is 5.32 Å². The Morgan fingerprint density at radius 2 is 1.85 bits per heavy atom. The quantitative estimate of drug-likeness (QED) is 0.0728. The van der Waals surface area contributed by atoms with Crippen LogP contribution >= 0.6 is 22.6 Å². The van der Waals surface area contributed by atoms with E-state index in [2.05, 4.69) is 4.18 Å². The van der Waals surface area contributed by atoms with Gasteiger partial charge < -0.3 is 24.8 Å². The zero-order valence-electron chi connectivity index (χ0n) is 16.2. The van der Waals surface area contributed by atoms with Crippen LogP contribution in [0.25, 0.3) is 0 Å². The lowest BCUT2D eigenvalue weighted by molar-refractivity contribution is -0.901. The van der Waals surface area contributed by atoms with E-state index in [9.17, 15) is 50.9 Å². The Kier molecular flexibility index (Phi) is 7.43. The molecule has 3 rings (SSSR count). The molecule has 3 heterocycles. The summed E-state index contributed by atoms with van der Waals surface area (Å²) in [7, 11) is -6.07. The van der Waals surface area contributed by atoms with Gasteiger partial charge in [0.1, 0.15) is 24.4 Å². The third-order valence-corrected chi connectivity index (χ3v) is 7.33. The second-order valence-corrected chi connectivity index (χ2v) is 9.80. The first-order valence-corrected chi connectivity index (χ1v) is 12.1. The minimum absolute atomic E-state index is 0.130. The van der Waals surface area contributed by atoms with Crippen LogP contribution in [0.4, 0.5) is 22.4 Å². The summed E-state index contributed by atoms with van der Waals surface area (Å²) in [6, 6.07) is -1.34. The standard InChI is InChI=1S/C15H17F4IN2O10S/c16-5-3-22(14(27)21-12(5)26,13-11(25)10(24)8(4-23)31-13)9-1-6(7(2-20)30-9)32-33(28,29)15(17,18)19/h3,6-11,13,23-25H,1-2,4H2/p+1/t6-,7+,8+,9-,10+,11+,13+,22?/m0/s1. The van der Waals surface area contributed by atoms with E-state index in [1.165, 1.54) is 0 Å². The highest BCUT2D eigenvalue weighted by molar-refractivity contribution is 14.1. The Labute approximate surface area is 196 Å². The Morgan fingerprint density at radius 1 is 1.21 bits per heavy atom. The Balaban J connectivity index is 2.04. The molecule has 4 N–H and O–H groups in total. The zero-order chi connectivity index (χ0) is 24.9. The fourth-order valence-corrected chi connectivity index (χ4v) is 5.20. The van der Waals surface area contributed by atoms with Gasteiger partial charge in [-0.05, 0) is 0 Å². The molecular weight excluding hydrogens is 603 g/mol. The van der Waals surface area contributed by atoms with Gasteiger partial charge in [-0.3, -0.25) is 8.98 Å². The molecule has 0 aromatic carbocycles. The van der Waals surface area contributed by atoms with Crippen LogP contribution < -0.4 is 5.32 Å². The fraction of sp³-hybridized carbons (Fsp3) is 0.733. The summed E-state index contributed by atoms with van der Waals surface area (Å²) >= 11 is 1.65. The molecule has 12 nitrogen and oxygen atoms in total. The predicted octanol–water partition coefficient (Wildman–Crippen LogP) is -0.912. The zero-order valence-corrected chi connectivity index (χ0v) is 19.2. The second kappa shape index (κ2) is 9.22. The van der Waals surface area contributed by atoms with E-state index >= 15 is 0 Å². The molecule has 0 radical (unpaired) electrons. The summed E-state index contributed by atoms with van der Waals surface area (Å²) in [5.74, 6) is -3.01. The molecule has 2 fully saturated rings. The minimum atomic E-state index is -6.07. The molecule has 188 valence electrons. The molecule has 8 atom stereocenters. The average Bonchev–Trinajstić information content (AvgIpc) is 3.25. The van der Waals surface area contributed by atoms with Crippen LogP contribution in [-0.4, -0.2) is 99.7 Å². The number of carbonyl (C=O) groups is 2. The maximum Gasteiger partial charge on any atom is 0.523 e. The highest BCUT2D eigenvalue weighted by Gasteiger charge is 2.65. The summed E-state index contributed by atoms with van der Waals surface area (Å²) in [5, 5.41) is 31.5. The van der Waals surface area contributed by atoms with Crippen LogP contribution in [-0.2, 0) is 28.6 Å². The first kappa shape index (κ1) is 26.6. The molecule has 0 aliphatic carbocycles. The van der Waals surface area contributed by atoms with E-state index in [0.717, 1.165) is 0 Å². The van der Waals surface area contributed by atoms with Crippen molar-refractivity contribution in [2.24, 2.45) is 0 Å². The lowest BCUT2D eigenvalue weighted by atomic mass is 10.1. The van der Waals surface area contributed by atoms with Gasteiger partial charge in [0, 0.05) is 4.43 Å². The van der Waals surface area contributed by atoms with E-state index in [-0.39, 0.29) is 4.43 Å². The Bertz CT molecular complexity index is 949. The number of alkyl halides is 4. The predicted molar refractivity (Wildman–Crippen MR) is 103 cm³/mol. The van der Waals surface area contributed by atoms with Gasteiger partial charge in [-0.25, -0.2) is 10.1 Å². The topological polar surface area (TPSA) is 169 Å². The monoisotopic (exact) mass is 621 g/mol. The molecule has 0 spiro atoms. The summed E-state index contributed by atoms with van der Waals surface area (Å²) in [6.07, 6.45) is -12.3. The highest BCUT2D eigenvalue weighted by Crippen LogP contribution is 2.42. The molecule has 0 saturated carbocycles. The number of hydrogen-bond donors (Lipinski definition) is 4. The van der Waals surface area contributed by atoms with Crippen molar-refractivity contribution < 1.29 is 69.0 Å². The normalized spacial score (nSPS) is 40.1. The molecule has 1 unspecified atom stereocenters. The molecule has 33 heavy (non-hydrogen) atoms. The van der Waals surface area contributed by atoms with E-state index in [1.54, 1.807) is 27.9 Å². The second-order valence-electron chi connectivity index (χ2n) is 7.35. The SMILES string of the molecule is O=C1NC(=O)[N+]([C@@H]2C[C@H](OS(=O)(=O)C(F)(F)F)[C@@H](CI)O2)([C@@H]2O[C@H](CO)[C@@H](O)[C@H]2O)C=C1F. The molecule has 3 aliphatic heterocycles. The number of urea groups is 1. The van der Waals surface area contributed by atoms with E-state index in [0.29, 0.717) is 6.20 Å². The number of hydrogen-bond acceptors (Lipinski definition) is 10. The Morgan fingerprint density at radius 3 is 2.36 bits per heavy atom. The van der Waals surface area contributed by atoms with Crippen molar-refractivity contribution in [1.29, 1.82) is 0 Å². The van der Waals surface area contributed by atoms with Gasteiger partial charge in [0.2, 0.25) is 18.3 Å². The number of aliphatic hydroxyl groups is 3. The fourth-order valence-electron chi connectivity index (χ4n) is 3.78. The van der Waals surface area contributed by atoms with Crippen molar-refractivity contribution in [2.75, 3.05) is 11.0 Å². The molecule has 0 aromatic rings. The lowest BCUT2D eigenvalue weighted by Gasteiger charge is -2.42. The van der Waals surface area contributed by atoms with Gasteiger partial charge in [0.15, 0.2) is 12.3 Å². The average molecular weight is 621 g/mol. The Hall–Kier alpha value is -1.00. The van der Waals surface area contributed by atoms with Crippen LogP contribution in [0.15, 0.2) is 12.0 Å². The number of amides is 3. The number of rotatable bonds is 6. The molecular formula is C15H18F4IN2O10S+. The molecule has 3 amide bonds. The number of quaternary nitrogens is 1. The number of aliphatic hydroxyl groups excluding tert-OH is 3. The third-order valence-electron chi connectivity index (χ3n) is 5.40. The number of halogens is 5. The number of imide groups is 1. The maximum absolute atomic E-state index is 14.4. The van der Waals surface area contributed by atoms with E-state index < -0.39 is 93.9 Å². The van der Waals surface area contributed by atoms with Crippen molar-refractivity contribution in [2.45, 2.75) is 54.9 Å². The van der Waals surface area contributed by atoms with Crippen LogP contribution in [0.1, 0.15) is 6.42 Å². The summed E-state index contributed by atoms with van der Waals surface area (Å²) in [4.78, 5) is 24.5. The van der Waals surface area contributed by atoms with E-state index in [4.69, 9.17) is 9.47 Å². The highest BCUT2D eigenvalue weighted by atomic mass is 127. The van der Waals surface area contributed by atoms with Gasteiger partial charge in [-0.15, -0.1) is 0 Å². The smallest absolute Gasteiger partial charge is 0.394 e. The minimum Gasteiger partial charge on any atom is -0.394 e. The first-order valence-electron chi connectivity index (χ1n) is 9.15. The number of nitrogens with one attached hydrogen (secondary N) is 1. The summed E-state index contributed by atoms with van der Waals surface area (Å²) < 4.78 is 89.2. The molecule has 18 heteroatoms. The number of nitrogens with zero attached hydrogens (tertiary/aromatic N) is 1. The third kappa shape index (κ3) is 4.51.